The first-order valence-corrected chi connectivity index (χ1v) is 11.3. The Morgan fingerprint density at radius 2 is 1.68 bits per heavy atom. The molecular formula is C31H29FNO+. The zero-order chi connectivity index (χ0) is 29.9. The van der Waals surface area contributed by atoms with Crippen molar-refractivity contribution >= 4 is 21.9 Å². The molecule has 2 nitrogen and oxygen atoms in total. The molecule has 3 aromatic carbocycles. The SMILES string of the molecule is [2H]C([2H])([2H])c1cc[n+](C)c(-c2c(C)ccc3c2oc2c(-c4ccc5c(c4)C([2H])([2H])C(C)(C)C5([2H])[2H])c(F)ccc23)c1. The summed E-state index contributed by atoms with van der Waals surface area (Å²) in [6.07, 6.45) is -2.21. The molecule has 0 saturated carbocycles. The van der Waals surface area contributed by atoms with Crippen LogP contribution < -0.4 is 4.57 Å². The number of hydrogen-bond donors (Lipinski definition) is 0. The van der Waals surface area contributed by atoms with Crippen molar-refractivity contribution in [3.63, 3.8) is 0 Å². The first kappa shape index (κ1) is 14.7. The van der Waals surface area contributed by atoms with E-state index in [4.69, 9.17) is 14.0 Å². The summed E-state index contributed by atoms with van der Waals surface area (Å²) in [7, 11) is 1.82. The van der Waals surface area contributed by atoms with E-state index in [2.05, 4.69) is 0 Å². The molecule has 0 bridgehead atoms. The van der Waals surface area contributed by atoms with Gasteiger partial charge in [-0.3, -0.25) is 0 Å². The van der Waals surface area contributed by atoms with Crippen LogP contribution in [0.25, 0.3) is 44.3 Å². The molecule has 170 valence electrons. The van der Waals surface area contributed by atoms with Crippen LogP contribution in [0.4, 0.5) is 4.39 Å². The number of benzene rings is 3. The smallest absolute Gasteiger partial charge is 0.216 e. The number of halogens is 1. The van der Waals surface area contributed by atoms with Crippen molar-refractivity contribution in [2.24, 2.45) is 12.5 Å². The van der Waals surface area contributed by atoms with Crippen molar-refractivity contribution in [1.82, 2.24) is 0 Å². The topological polar surface area (TPSA) is 17.0 Å². The average molecular weight is 458 g/mol. The lowest BCUT2D eigenvalue weighted by molar-refractivity contribution is -0.660. The lowest BCUT2D eigenvalue weighted by atomic mass is 9.90. The first-order chi connectivity index (χ1) is 19.0. The Morgan fingerprint density at radius 1 is 0.941 bits per heavy atom. The number of fused-ring (bicyclic) bond motifs is 4. The molecular weight excluding hydrogens is 421 g/mol. The van der Waals surface area contributed by atoms with E-state index in [-0.39, 0.29) is 27.8 Å². The van der Waals surface area contributed by atoms with E-state index in [0.717, 1.165) is 10.9 Å². The lowest BCUT2D eigenvalue weighted by Gasteiger charge is -2.14. The number of rotatable bonds is 2. The van der Waals surface area contributed by atoms with Crippen LogP contribution in [0.3, 0.4) is 0 Å². The molecule has 0 aliphatic heterocycles. The molecule has 5 aromatic rings. The van der Waals surface area contributed by atoms with E-state index in [0.29, 0.717) is 27.8 Å². The Hall–Kier alpha value is -3.46. The molecule has 1 aliphatic rings. The molecule has 0 amide bonds. The van der Waals surface area contributed by atoms with Crippen LogP contribution in [0.2, 0.25) is 0 Å². The van der Waals surface area contributed by atoms with Crippen LogP contribution in [-0.2, 0) is 19.8 Å². The maximum Gasteiger partial charge on any atom is 0.216 e. The highest BCUT2D eigenvalue weighted by molar-refractivity contribution is 6.13. The average Bonchev–Trinajstić information content (AvgIpc) is 3.30. The summed E-state index contributed by atoms with van der Waals surface area (Å²) >= 11 is 0. The van der Waals surface area contributed by atoms with E-state index in [1.165, 1.54) is 6.07 Å². The van der Waals surface area contributed by atoms with Gasteiger partial charge in [-0.15, -0.1) is 0 Å². The molecule has 0 unspecified atom stereocenters. The van der Waals surface area contributed by atoms with Crippen molar-refractivity contribution in [2.45, 2.75) is 40.4 Å². The van der Waals surface area contributed by atoms with Gasteiger partial charge in [0.15, 0.2) is 6.20 Å². The van der Waals surface area contributed by atoms with Crippen molar-refractivity contribution < 1.29 is 23.0 Å². The molecule has 3 heteroatoms. The Balaban J connectivity index is 1.64. The Bertz CT molecular complexity index is 1900. The normalized spacial score (nSPS) is 21.1. The summed E-state index contributed by atoms with van der Waals surface area (Å²) in [5.74, 6) is -0.550. The standard InChI is InChI=1S/C31H29FNO/c1-18-12-13-33(5)26(14-18)27-19(2)6-9-23-24-10-11-25(32)28(30(24)34-29(23)27)20-7-8-21-16-31(3,4)17-22(21)15-20/h6-15H,16-17H2,1-5H3/q+1/i1D3,16D2,17D2. The van der Waals surface area contributed by atoms with Gasteiger partial charge in [-0.05, 0) is 71.9 Å². The van der Waals surface area contributed by atoms with Gasteiger partial charge >= 0.3 is 0 Å². The third kappa shape index (κ3) is 3.18. The van der Waals surface area contributed by atoms with Crippen molar-refractivity contribution in [2.75, 3.05) is 0 Å². The lowest BCUT2D eigenvalue weighted by Crippen LogP contribution is -2.30. The summed E-state index contributed by atoms with van der Waals surface area (Å²) in [6, 6.07) is 14.7. The van der Waals surface area contributed by atoms with Gasteiger partial charge < -0.3 is 4.42 Å². The second-order valence-electron chi connectivity index (χ2n) is 9.58. The third-order valence-electron chi connectivity index (χ3n) is 6.58. The van der Waals surface area contributed by atoms with E-state index in [1.807, 2.05) is 30.7 Å². The first-order valence-electron chi connectivity index (χ1n) is 14.8. The number of furan rings is 1. The zero-order valence-corrected chi connectivity index (χ0v) is 19.5. The van der Waals surface area contributed by atoms with E-state index in [1.54, 1.807) is 56.4 Å². The van der Waals surface area contributed by atoms with Gasteiger partial charge in [-0.1, -0.05) is 44.2 Å². The van der Waals surface area contributed by atoms with Gasteiger partial charge in [-0.25, -0.2) is 8.96 Å². The van der Waals surface area contributed by atoms with E-state index < -0.39 is 30.8 Å². The molecule has 2 heterocycles. The van der Waals surface area contributed by atoms with E-state index in [9.17, 15) is 0 Å². The molecule has 34 heavy (non-hydrogen) atoms. The third-order valence-corrected chi connectivity index (χ3v) is 6.58. The van der Waals surface area contributed by atoms with Gasteiger partial charge in [0.05, 0.1) is 11.1 Å². The van der Waals surface area contributed by atoms with Crippen LogP contribution in [0.1, 0.15) is 45.7 Å². The molecule has 0 radical (unpaired) electrons. The summed E-state index contributed by atoms with van der Waals surface area (Å²) in [6.45, 7) is 2.75. The predicted octanol–water partition coefficient (Wildman–Crippen LogP) is 7.63. The predicted molar refractivity (Wildman–Crippen MR) is 136 cm³/mol. The molecule has 0 saturated heterocycles. The Kier molecular flexibility index (Phi) is 3.15. The van der Waals surface area contributed by atoms with Crippen LogP contribution in [0.5, 0.6) is 0 Å². The van der Waals surface area contributed by atoms with Crippen molar-refractivity contribution in [1.29, 1.82) is 0 Å². The Morgan fingerprint density at radius 3 is 2.47 bits per heavy atom. The molecule has 0 N–H and O–H groups in total. The number of aryl methyl sites for hydroxylation is 3. The molecule has 2 aromatic heterocycles. The molecule has 1 aliphatic carbocycles. The summed E-state index contributed by atoms with van der Waals surface area (Å²) in [5.41, 5.74) is 2.81. The number of hydrogen-bond acceptors (Lipinski definition) is 1. The van der Waals surface area contributed by atoms with Crippen LogP contribution in [0.15, 0.2) is 65.2 Å². The molecule has 0 spiro atoms. The quantitative estimate of drug-likeness (QED) is 0.249. The summed E-state index contributed by atoms with van der Waals surface area (Å²) < 4.78 is 82.4. The fraction of sp³-hybridized carbons (Fsp3) is 0.258. The van der Waals surface area contributed by atoms with Crippen molar-refractivity contribution in [3.8, 4) is 22.4 Å². The van der Waals surface area contributed by atoms with Gasteiger partial charge in [0, 0.05) is 32.5 Å². The second-order valence-corrected chi connectivity index (χ2v) is 9.58. The molecule has 0 atom stereocenters. The second kappa shape index (κ2) is 7.27. The minimum absolute atomic E-state index is 0.159. The minimum atomic E-state index is -2.29. The number of pyridine rings is 1. The van der Waals surface area contributed by atoms with Gasteiger partial charge in [0.2, 0.25) is 5.69 Å². The van der Waals surface area contributed by atoms with Crippen LogP contribution in [-0.4, -0.2) is 0 Å². The van der Waals surface area contributed by atoms with E-state index >= 15 is 4.39 Å². The zero-order valence-electron chi connectivity index (χ0n) is 26.5. The summed E-state index contributed by atoms with van der Waals surface area (Å²) in [4.78, 5) is 0. The van der Waals surface area contributed by atoms with Gasteiger partial charge in [0.1, 0.15) is 24.0 Å². The number of aromatic nitrogens is 1. The van der Waals surface area contributed by atoms with Crippen molar-refractivity contribution in [3.05, 3.63) is 88.9 Å². The number of nitrogens with zero attached hydrogens (tertiary/aromatic N) is 1. The van der Waals surface area contributed by atoms with Crippen LogP contribution in [0, 0.1) is 25.0 Å². The monoisotopic (exact) mass is 457 g/mol. The maximum absolute atomic E-state index is 15.6. The minimum Gasteiger partial charge on any atom is -0.454 e. The van der Waals surface area contributed by atoms with Gasteiger partial charge in [-0.2, -0.15) is 0 Å². The van der Waals surface area contributed by atoms with Gasteiger partial charge in [0.25, 0.3) is 0 Å². The highest BCUT2D eigenvalue weighted by atomic mass is 19.1. The summed E-state index contributed by atoms with van der Waals surface area (Å²) in [5, 5.41) is 1.39. The largest absolute Gasteiger partial charge is 0.454 e. The highest BCUT2D eigenvalue weighted by Crippen LogP contribution is 2.43. The molecule has 0 fully saturated rings. The van der Waals surface area contributed by atoms with Crippen LogP contribution >= 0.6 is 0 Å². The fourth-order valence-corrected chi connectivity index (χ4v) is 5.00. The highest BCUT2D eigenvalue weighted by Gasteiger charge is 2.29. The maximum atomic E-state index is 15.6. The fourth-order valence-electron chi connectivity index (χ4n) is 5.00. The molecule has 6 rings (SSSR count). The Labute approximate surface area is 209 Å².